The average molecular weight is 302 g/mol. The highest BCUT2D eigenvalue weighted by Gasteiger charge is 2.47. The van der Waals surface area contributed by atoms with Gasteiger partial charge in [-0.15, -0.1) is 0 Å². The number of rotatable bonds is 3. The molecular formula is C15H18N4O3. The highest BCUT2D eigenvalue weighted by molar-refractivity contribution is 5.95. The van der Waals surface area contributed by atoms with E-state index >= 15 is 0 Å². The monoisotopic (exact) mass is 302 g/mol. The summed E-state index contributed by atoms with van der Waals surface area (Å²) in [6.07, 6.45) is 5.57. The molecule has 2 fully saturated rings. The van der Waals surface area contributed by atoms with Crippen molar-refractivity contribution in [2.24, 2.45) is 0 Å². The summed E-state index contributed by atoms with van der Waals surface area (Å²) in [5, 5.41) is 4.16. The second-order valence-electron chi connectivity index (χ2n) is 5.79. The van der Waals surface area contributed by atoms with Crippen molar-refractivity contribution < 1.29 is 14.3 Å². The number of anilines is 1. The third-order valence-electron chi connectivity index (χ3n) is 4.23. The third-order valence-corrected chi connectivity index (χ3v) is 4.23. The molecule has 1 aliphatic carbocycles. The minimum atomic E-state index is -0.386. The number of hydrogen-bond acceptors (Lipinski definition) is 6. The SMILES string of the molecule is CCOC(=O)c1cnn2ccc(N3CCOC4(CC4)C3)nc12. The molecule has 1 aliphatic heterocycles. The van der Waals surface area contributed by atoms with Crippen molar-refractivity contribution in [2.45, 2.75) is 25.4 Å². The van der Waals surface area contributed by atoms with Crippen molar-refractivity contribution in [3.8, 4) is 0 Å². The first-order chi connectivity index (χ1) is 10.7. The molecule has 0 bridgehead atoms. The Morgan fingerprint density at radius 2 is 2.36 bits per heavy atom. The van der Waals surface area contributed by atoms with E-state index in [9.17, 15) is 4.79 Å². The molecule has 0 atom stereocenters. The molecule has 7 nitrogen and oxygen atoms in total. The molecule has 2 aliphatic rings. The first-order valence-corrected chi connectivity index (χ1v) is 7.61. The molecular weight excluding hydrogens is 284 g/mol. The van der Waals surface area contributed by atoms with E-state index in [1.807, 2.05) is 12.3 Å². The van der Waals surface area contributed by atoms with Gasteiger partial charge in [-0.3, -0.25) is 0 Å². The van der Waals surface area contributed by atoms with E-state index in [2.05, 4.69) is 15.0 Å². The molecule has 2 aromatic rings. The van der Waals surface area contributed by atoms with Crippen LogP contribution in [0.2, 0.25) is 0 Å². The Labute approximate surface area is 127 Å². The minimum Gasteiger partial charge on any atom is -0.462 e. The van der Waals surface area contributed by atoms with Crippen LogP contribution in [0.15, 0.2) is 18.5 Å². The summed E-state index contributed by atoms with van der Waals surface area (Å²) < 4.78 is 12.5. The number of ether oxygens (including phenoxy) is 2. The molecule has 4 rings (SSSR count). The van der Waals surface area contributed by atoms with Crippen LogP contribution in [-0.2, 0) is 9.47 Å². The second-order valence-corrected chi connectivity index (χ2v) is 5.79. The van der Waals surface area contributed by atoms with E-state index < -0.39 is 0 Å². The van der Waals surface area contributed by atoms with Crippen LogP contribution in [-0.4, -0.2) is 52.5 Å². The summed E-state index contributed by atoms with van der Waals surface area (Å²) in [6, 6.07) is 1.93. The van der Waals surface area contributed by atoms with Crippen molar-refractivity contribution in [2.75, 3.05) is 31.2 Å². The van der Waals surface area contributed by atoms with Gasteiger partial charge in [-0.05, 0) is 25.8 Å². The van der Waals surface area contributed by atoms with E-state index in [0.29, 0.717) is 17.8 Å². The molecule has 1 saturated heterocycles. The van der Waals surface area contributed by atoms with Crippen molar-refractivity contribution in [1.29, 1.82) is 0 Å². The first kappa shape index (κ1) is 13.5. The van der Waals surface area contributed by atoms with E-state index in [1.54, 1.807) is 11.4 Å². The fourth-order valence-electron chi connectivity index (χ4n) is 2.87. The number of aromatic nitrogens is 3. The van der Waals surface area contributed by atoms with Gasteiger partial charge in [0.1, 0.15) is 11.4 Å². The zero-order chi connectivity index (χ0) is 15.2. The van der Waals surface area contributed by atoms with Crippen LogP contribution < -0.4 is 4.90 Å². The normalized spacial score (nSPS) is 19.6. The van der Waals surface area contributed by atoms with Crippen LogP contribution in [0.5, 0.6) is 0 Å². The Hall–Kier alpha value is -2.15. The smallest absolute Gasteiger partial charge is 0.343 e. The van der Waals surface area contributed by atoms with Crippen LogP contribution >= 0.6 is 0 Å². The number of esters is 1. The van der Waals surface area contributed by atoms with Gasteiger partial charge in [-0.25, -0.2) is 14.3 Å². The molecule has 116 valence electrons. The predicted octanol–water partition coefficient (Wildman–Crippen LogP) is 1.28. The minimum absolute atomic E-state index is 0.0380. The lowest BCUT2D eigenvalue weighted by Crippen LogP contribution is -2.44. The molecule has 1 saturated carbocycles. The Bertz CT molecular complexity index is 723. The molecule has 22 heavy (non-hydrogen) atoms. The molecule has 0 aromatic carbocycles. The number of nitrogens with zero attached hydrogens (tertiary/aromatic N) is 4. The van der Waals surface area contributed by atoms with E-state index in [1.165, 1.54) is 6.20 Å². The van der Waals surface area contributed by atoms with Crippen molar-refractivity contribution in [3.63, 3.8) is 0 Å². The fraction of sp³-hybridized carbons (Fsp3) is 0.533. The highest BCUT2D eigenvalue weighted by Crippen LogP contribution is 2.42. The maximum absolute atomic E-state index is 12.0. The van der Waals surface area contributed by atoms with Gasteiger partial charge in [0.2, 0.25) is 0 Å². The molecule has 1 spiro atoms. The number of morpholine rings is 1. The second kappa shape index (κ2) is 4.95. The van der Waals surface area contributed by atoms with Gasteiger partial charge in [-0.1, -0.05) is 0 Å². The van der Waals surface area contributed by atoms with Crippen molar-refractivity contribution in [3.05, 3.63) is 24.0 Å². The Kier molecular flexibility index (Phi) is 3.04. The maximum atomic E-state index is 12.0. The molecule has 0 amide bonds. The van der Waals surface area contributed by atoms with Crippen LogP contribution in [0.25, 0.3) is 5.65 Å². The van der Waals surface area contributed by atoms with E-state index in [4.69, 9.17) is 9.47 Å². The summed E-state index contributed by atoms with van der Waals surface area (Å²) in [5.74, 6) is 0.468. The number of hydrogen-bond donors (Lipinski definition) is 0. The van der Waals surface area contributed by atoms with Gasteiger partial charge in [-0.2, -0.15) is 5.10 Å². The summed E-state index contributed by atoms with van der Waals surface area (Å²) >= 11 is 0. The van der Waals surface area contributed by atoms with Crippen LogP contribution in [0.1, 0.15) is 30.1 Å². The summed E-state index contributed by atoms with van der Waals surface area (Å²) in [4.78, 5) is 18.8. The molecule has 0 radical (unpaired) electrons. The molecule has 3 heterocycles. The van der Waals surface area contributed by atoms with Gasteiger partial charge in [0.25, 0.3) is 0 Å². The van der Waals surface area contributed by atoms with Crippen LogP contribution in [0, 0.1) is 0 Å². The molecule has 7 heteroatoms. The molecule has 0 unspecified atom stereocenters. The highest BCUT2D eigenvalue weighted by atomic mass is 16.5. The van der Waals surface area contributed by atoms with Gasteiger partial charge in [0, 0.05) is 19.3 Å². The van der Waals surface area contributed by atoms with E-state index in [-0.39, 0.29) is 11.6 Å². The lowest BCUT2D eigenvalue weighted by Gasteiger charge is -2.34. The van der Waals surface area contributed by atoms with Gasteiger partial charge in [0.05, 0.1) is 25.0 Å². The van der Waals surface area contributed by atoms with E-state index in [0.717, 1.165) is 38.4 Å². The fourth-order valence-corrected chi connectivity index (χ4v) is 2.87. The van der Waals surface area contributed by atoms with Gasteiger partial charge < -0.3 is 14.4 Å². The maximum Gasteiger partial charge on any atom is 0.343 e. The number of carbonyl (C=O) groups is 1. The lowest BCUT2D eigenvalue weighted by atomic mass is 10.2. The number of fused-ring (bicyclic) bond motifs is 1. The zero-order valence-corrected chi connectivity index (χ0v) is 12.5. The lowest BCUT2D eigenvalue weighted by molar-refractivity contribution is 0.0203. The summed E-state index contributed by atoms with van der Waals surface area (Å²) in [5.41, 5.74) is 0.974. The molecule has 2 aromatic heterocycles. The van der Waals surface area contributed by atoms with Gasteiger partial charge in [0.15, 0.2) is 5.65 Å². The largest absolute Gasteiger partial charge is 0.462 e. The van der Waals surface area contributed by atoms with Gasteiger partial charge >= 0.3 is 5.97 Å². The van der Waals surface area contributed by atoms with Crippen molar-refractivity contribution >= 4 is 17.4 Å². The zero-order valence-electron chi connectivity index (χ0n) is 12.5. The summed E-state index contributed by atoms with van der Waals surface area (Å²) in [6.45, 7) is 4.51. The average Bonchev–Trinajstić information content (AvgIpc) is 3.13. The number of carbonyl (C=O) groups excluding carboxylic acids is 1. The Morgan fingerprint density at radius 1 is 1.50 bits per heavy atom. The predicted molar refractivity (Wildman–Crippen MR) is 79.1 cm³/mol. The third kappa shape index (κ3) is 2.21. The van der Waals surface area contributed by atoms with Crippen LogP contribution in [0.3, 0.4) is 0 Å². The quantitative estimate of drug-likeness (QED) is 0.796. The molecule has 0 N–H and O–H groups in total. The van der Waals surface area contributed by atoms with Crippen molar-refractivity contribution in [1.82, 2.24) is 14.6 Å². The first-order valence-electron chi connectivity index (χ1n) is 7.61. The standard InChI is InChI=1S/C15H18N4O3/c1-2-21-14(20)11-9-16-19-6-3-12(17-13(11)19)18-7-8-22-15(10-18)4-5-15/h3,6,9H,2,4-5,7-8,10H2,1H3. The Morgan fingerprint density at radius 3 is 3.14 bits per heavy atom. The topological polar surface area (TPSA) is 69.0 Å². The summed E-state index contributed by atoms with van der Waals surface area (Å²) in [7, 11) is 0. The Balaban J connectivity index is 1.67. The van der Waals surface area contributed by atoms with Crippen LogP contribution in [0.4, 0.5) is 5.82 Å².